The highest BCUT2D eigenvalue weighted by Crippen LogP contribution is 2.42. The van der Waals surface area contributed by atoms with Crippen LogP contribution in [0.3, 0.4) is 0 Å². The van der Waals surface area contributed by atoms with Crippen molar-refractivity contribution in [3.8, 4) is 79.2 Å². The molecule has 4 heterocycles. The van der Waals surface area contributed by atoms with Crippen LogP contribution in [-0.4, -0.2) is 29.1 Å². The van der Waals surface area contributed by atoms with Crippen LogP contribution in [0.15, 0.2) is 247 Å². The lowest BCUT2D eigenvalue weighted by atomic mass is 9.98. The number of para-hydroxylation sites is 4. The normalized spacial score (nSPS) is 11.7. The van der Waals surface area contributed by atoms with Crippen molar-refractivity contribution in [1.29, 1.82) is 0 Å². The number of rotatable bonds is 8. The zero-order chi connectivity index (χ0) is 46.8. The second-order valence-corrected chi connectivity index (χ2v) is 17.8. The lowest BCUT2D eigenvalue weighted by molar-refractivity contribution is 0.669. The summed E-state index contributed by atoms with van der Waals surface area (Å²) in [6, 6.07) is 84.7. The third kappa shape index (κ3) is 6.90. The Morgan fingerprint density at radius 3 is 1.44 bits per heavy atom. The van der Waals surface area contributed by atoms with Gasteiger partial charge in [0.1, 0.15) is 17.0 Å². The summed E-state index contributed by atoms with van der Waals surface area (Å²) in [5.41, 5.74) is 16.2. The van der Waals surface area contributed by atoms with E-state index in [-0.39, 0.29) is 0 Å². The zero-order valence-corrected chi connectivity index (χ0v) is 38.2. The third-order valence-electron chi connectivity index (χ3n) is 13.6. The van der Waals surface area contributed by atoms with Gasteiger partial charge < -0.3 is 8.98 Å². The number of benzene rings is 10. The minimum absolute atomic E-state index is 0.586. The van der Waals surface area contributed by atoms with Crippen LogP contribution in [-0.2, 0) is 0 Å². The largest absolute Gasteiger partial charge is 0.456 e. The second-order valence-electron chi connectivity index (χ2n) is 17.8. The highest BCUT2D eigenvalue weighted by Gasteiger charge is 2.21. The van der Waals surface area contributed by atoms with E-state index in [9.17, 15) is 0 Å². The van der Waals surface area contributed by atoms with Gasteiger partial charge in [0.2, 0.25) is 0 Å². The summed E-state index contributed by atoms with van der Waals surface area (Å²) >= 11 is 0. The van der Waals surface area contributed by atoms with Gasteiger partial charge >= 0.3 is 0 Å². The van der Waals surface area contributed by atoms with E-state index in [0.717, 1.165) is 111 Å². The van der Waals surface area contributed by atoms with E-state index in [1.54, 1.807) is 0 Å². The molecule has 0 spiro atoms. The van der Waals surface area contributed by atoms with Gasteiger partial charge in [-0.15, -0.1) is 0 Å². The number of fused-ring (bicyclic) bond motifs is 7. The summed E-state index contributed by atoms with van der Waals surface area (Å²) in [6.07, 6.45) is 0. The molecule has 0 atom stereocenters. The smallest absolute Gasteiger partial charge is 0.164 e. The first-order valence-electron chi connectivity index (χ1n) is 23.8. The van der Waals surface area contributed by atoms with Crippen molar-refractivity contribution in [2.45, 2.75) is 0 Å². The number of nitrogens with zero attached hydrogens (tertiary/aromatic N) is 6. The number of hydrogen-bond donors (Lipinski definition) is 0. The average molecular weight is 909 g/mol. The molecule has 332 valence electrons. The summed E-state index contributed by atoms with van der Waals surface area (Å²) in [5.74, 6) is 2.72. The van der Waals surface area contributed by atoms with Gasteiger partial charge in [0, 0.05) is 55.2 Å². The molecule has 0 bridgehead atoms. The molecule has 0 aliphatic rings. The number of imidazole rings is 1. The Bertz CT molecular complexity index is 4270. The van der Waals surface area contributed by atoms with E-state index in [0.29, 0.717) is 17.5 Å². The van der Waals surface area contributed by atoms with E-state index in [1.165, 1.54) is 5.39 Å². The Labute approximate surface area is 408 Å². The molecule has 0 N–H and O–H groups in total. The van der Waals surface area contributed by atoms with E-state index >= 15 is 0 Å². The maximum absolute atomic E-state index is 6.57. The Hall–Kier alpha value is -9.72. The summed E-state index contributed by atoms with van der Waals surface area (Å²) in [7, 11) is 0. The molecule has 7 nitrogen and oxygen atoms in total. The van der Waals surface area contributed by atoms with Crippen molar-refractivity contribution in [2.24, 2.45) is 0 Å². The van der Waals surface area contributed by atoms with Crippen molar-refractivity contribution in [1.82, 2.24) is 29.1 Å². The molecule has 0 aliphatic carbocycles. The van der Waals surface area contributed by atoms with Crippen molar-refractivity contribution in [3.05, 3.63) is 243 Å². The molecular formula is C64H40N6O. The number of furan rings is 1. The Balaban J connectivity index is 0.916. The highest BCUT2D eigenvalue weighted by molar-refractivity contribution is 6.14. The molecule has 14 aromatic rings. The van der Waals surface area contributed by atoms with Gasteiger partial charge in [-0.1, -0.05) is 158 Å². The molecule has 0 aliphatic heterocycles. The highest BCUT2D eigenvalue weighted by atomic mass is 16.3. The van der Waals surface area contributed by atoms with Crippen molar-refractivity contribution < 1.29 is 4.42 Å². The lowest BCUT2D eigenvalue weighted by Crippen LogP contribution is -2.00. The van der Waals surface area contributed by atoms with Crippen LogP contribution in [0.2, 0.25) is 0 Å². The maximum Gasteiger partial charge on any atom is 0.164 e. The van der Waals surface area contributed by atoms with Crippen LogP contribution in [0.5, 0.6) is 0 Å². The van der Waals surface area contributed by atoms with Gasteiger partial charge in [-0.3, -0.25) is 4.57 Å². The second kappa shape index (κ2) is 16.5. The summed E-state index contributed by atoms with van der Waals surface area (Å²) in [6.45, 7) is 0. The number of aromatic nitrogens is 6. The Morgan fingerprint density at radius 1 is 0.296 bits per heavy atom. The van der Waals surface area contributed by atoms with Crippen LogP contribution >= 0.6 is 0 Å². The van der Waals surface area contributed by atoms with Crippen LogP contribution in [0.25, 0.3) is 134 Å². The van der Waals surface area contributed by atoms with Crippen molar-refractivity contribution in [2.75, 3.05) is 0 Å². The first-order valence-corrected chi connectivity index (χ1v) is 23.8. The minimum atomic E-state index is 0.586. The topological polar surface area (TPSA) is 74.6 Å². The fourth-order valence-electron chi connectivity index (χ4n) is 10.3. The first kappa shape index (κ1) is 40.4. The fourth-order valence-corrected chi connectivity index (χ4v) is 10.3. The van der Waals surface area contributed by atoms with Crippen LogP contribution in [0.4, 0.5) is 0 Å². The maximum atomic E-state index is 6.57. The Morgan fingerprint density at radius 2 is 0.789 bits per heavy atom. The van der Waals surface area contributed by atoms with Gasteiger partial charge in [0.05, 0.1) is 22.1 Å². The van der Waals surface area contributed by atoms with E-state index in [4.69, 9.17) is 24.4 Å². The molecule has 0 unspecified atom stereocenters. The number of hydrogen-bond acceptors (Lipinski definition) is 5. The molecule has 14 rings (SSSR count). The fraction of sp³-hybridized carbons (Fsp3) is 0. The van der Waals surface area contributed by atoms with Crippen molar-refractivity contribution in [3.63, 3.8) is 0 Å². The van der Waals surface area contributed by atoms with Crippen LogP contribution < -0.4 is 0 Å². The molecule has 10 aromatic carbocycles. The summed E-state index contributed by atoms with van der Waals surface area (Å²) in [4.78, 5) is 20.4. The predicted molar refractivity (Wildman–Crippen MR) is 289 cm³/mol. The van der Waals surface area contributed by atoms with Gasteiger partial charge in [-0.2, -0.15) is 0 Å². The molecule has 0 radical (unpaired) electrons. The summed E-state index contributed by atoms with van der Waals surface area (Å²) in [5, 5.41) is 4.28. The van der Waals surface area contributed by atoms with Gasteiger partial charge in [-0.25, -0.2) is 19.9 Å². The average Bonchev–Trinajstić information content (AvgIpc) is 4.13. The Kier molecular flexibility index (Phi) is 9.38. The predicted octanol–water partition coefficient (Wildman–Crippen LogP) is 16.2. The lowest BCUT2D eigenvalue weighted by Gasteiger charge is -2.11. The van der Waals surface area contributed by atoms with E-state index < -0.39 is 0 Å². The molecular weight excluding hydrogens is 869 g/mol. The monoisotopic (exact) mass is 908 g/mol. The molecule has 7 heteroatoms. The van der Waals surface area contributed by atoms with E-state index in [2.05, 4.69) is 173 Å². The van der Waals surface area contributed by atoms with Gasteiger partial charge in [0.25, 0.3) is 0 Å². The molecule has 0 saturated carbocycles. The molecule has 0 amide bonds. The van der Waals surface area contributed by atoms with Gasteiger partial charge in [0.15, 0.2) is 17.5 Å². The van der Waals surface area contributed by atoms with Crippen molar-refractivity contribution >= 4 is 54.8 Å². The summed E-state index contributed by atoms with van der Waals surface area (Å²) < 4.78 is 11.2. The minimum Gasteiger partial charge on any atom is -0.456 e. The molecule has 4 aromatic heterocycles. The molecule has 71 heavy (non-hydrogen) atoms. The first-order chi connectivity index (χ1) is 35.2. The SMILES string of the molecule is c1ccc(-c2nc(-c3ccccc3)nc(-c3cccc4oc5ccc(-c6ccc7c(c6)c6cc(-c8cccc(-c9nc%10ccccc%10n9-c9ccccc9)c8)ccc6n7-c6ccccc6)cc5c34)n2)cc1. The molecule has 0 saturated heterocycles. The standard InChI is InChI=1S/C64H40N6O/c1-5-17-41(18-6-1)61-66-62(42-19-7-2-8-20-42)68-63(67-61)50-27-16-30-59-60(50)53-40-46(33-36-58(53)71-59)45-32-35-56-52(39-45)51-38-44(31-34-55(51)69(56)48-23-9-3-10-24-48)43-21-15-22-47(37-43)64-65-54-28-13-14-29-57(54)70(64)49-25-11-4-12-26-49/h1-40H. The van der Waals surface area contributed by atoms with Crippen LogP contribution in [0.1, 0.15) is 0 Å². The third-order valence-corrected chi connectivity index (χ3v) is 13.6. The van der Waals surface area contributed by atoms with E-state index in [1.807, 2.05) is 78.9 Å². The molecule has 0 fully saturated rings. The van der Waals surface area contributed by atoms with Gasteiger partial charge in [-0.05, 0) is 107 Å². The zero-order valence-electron chi connectivity index (χ0n) is 38.2. The quantitative estimate of drug-likeness (QED) is 0.152. The van der Waals surface area contributed by atoms with Crippen LogP contribution in [0, 0.1) is 0 Å².